The maximum Gasteiger partial charge on any atom is 0.132 e. The van der Waals surface area contributed by atoms with Crippen LogP contribution in [0.5, 0.6) is 0 Å². The quantitative estimate of drug-likeness (QED) is 0.816. The smallest absolute Gasteiger partial charge is 0.132 e. The second-order valence-corrected chi connectivity index (χ2v) is 4.12. The van der Waals surface area contributed by atoms with Gasteiger partial charge in [0.05, 0.1) is 0 Å². The molecular formula is C13H16N4. The molecule has 0 aliphatic carbocycles. The molecule has 0 bridgehead atoms. The molecule has 17 heavy (non-hydrogen) atoms. The van der Waals surface area contributed by atoms with Crippen molar-refractivity contribution in [3.05, 3.63) is 47.9 Å². The summed E-state index contributed by atoms with van der Waals surface area (Å²) in [5, 5.41) is 0. The van der Waals surface area contributed by atoms with E-state index >= 15 is 0 Å². The zero-order valence-corrected chi connectivity index (χ0v) is 10.1. The summed E-state index contributed by atoms with van der Waals surface area (Å²) < 4.78 is 0. The molecule has 1 aromatic carbocycles. The van der Waals surface area contributed by atoms with Crippen molar-refractivity contribution >= 4 is 11.5 Å². The number of hydrogen-bond acceptors (Lipinski definition) is 4. The molecular weight excluding hydrogens is 212 g/mol. The molecule has 4 nitrogen and oxygen atoms in total. The number of benzene rings is 1. The van der Waals surface area contributed by atoms with Gasteiger partial charge >= 0.3 is 0 Å². The van der Waals surface area contributed by atoms with Crippen LogP contribution < -0.4 is 10.6 Å². The van der Waals surface area contributed by atoms with Crippen LogP contribution in [0.15, 0.2) is 36.7 Å². The highest BCUT2D eigenvalue weighted by Gasteiger charge is 2.04. The number of rotatable bonds is 3. The van der Waals surface area contributed by atoms with Crippen molar-refractivity contribution in [2.24, 2.45) is 0 Å². The lowest BCUT2D eigenvalue weighted by atomic mass is 10.2. The summed E-state index contributed by atoms with van der Waals surface area (Å²) in [6, 6.07) is 9.85. The first-order valence-corrected chi connectivity index (χ1v) is 5.49. The predicted molar refractivity (Wildman–Crippen MR) is 69.7 cm³/mol. The molecule has 2 aromatic rings. The van der Waals surface area contributed by atoms with Crippen LogP contribution in [0.25, 0.3) is 0 Å². The van der Waals surface area contributed by atoms with Gasteiger partial charge in [-0.1, -0.05) is 12.1 Å². The zero-order valence-electron chi connectivity index (χ0n) is 10.1. The number of aryl methyl sites for hydroxylation is 1. The topological polar surface area (TPSA) is 55.0 Å². The minimum atomic E-state index is 0.779. The predicted octanol–water partition coefficient (Wildman–Crippen LogP) is 2.00. The number of nitrogen functional groups attached to an aromatic ring is 1. The van der Waals surface area contributed by atoms with Gasteiger partial charge in [0.15, 0.2) is 0 Å². The first-order chi connectivity index (χ1) is 8.15. The molecule has 2 rings (SSSR count). The average molecular weight is 228 g/mol. The molecule has 0 saturated heterocycles. The normalized spacial score (nSPS) is 10.2. The van der Waals surface area contributed by atoms with Crippen LogP contribution in [0.4, 0.5) is 11.5 Å². The average Bonchev–Trinajstić information content (AvgIpc) is 2.29. The fourth-order valence-electron chi connectivity index (χ4n) is 1.70. The fraction of sp³-hybridized carbons (Fsp3) is 0.231. The Hall–Kier alpha value is -2.10. The number of nitrogens with zero attached hydrogens (tertiary/aromatic N) is 3. The standard InChI is InChI=1S/C13H16N4/c1-10-6-13(16-9-15-10)17(2)8-11-4-3-5-12(14)7-11/h3-7,9H,8,14H2,1-2H3. The molecule has 88 valence electrons. The Bertz CT molecular complexity index is 510. The van der Waals surface area contributed by atoms with Gasteiger partial charge in [0, 0.05) is 31.0 Å². The second-order valence-electron chi connectivity index (χ2n) is 4.12. The number of aromatic nitrogens is 2. The van der Waals surface area contributed by atoms with Gasteiger partial charge in [-0.2, -0.15) is 0 Å². The van der Waals surface area contributed by atoms with E-state index in [1.54, 1.807) is 6.33 Å². The maximum atomic E-state index is 5.75. The summed E-state index contributed by atoms with van der Waals surface area (Å²) in [6.07, 6.45) is 1.58. The van der Waals surface area contributed by atoms with Crippen LogP contribution in [0.1, 0.15) is 11.3 Å². The third-order valence-electron chi connectivity index (χ3n) is 2.55. The fourth-order valence-corrected chi connectivity index (χ4v) is 1.70. The lowest BCUT2D eigenvalue weighted by Gasteiger charge is -2.18. The molecule has 0 radical (unpaired) electrons. The highest BCUT2D eigenvalue weighted by molar-refractivity contribution is 5.44. The van der Waals surface area contributed by atoms with Crippen molar-refractivity contribution in [1.82, 2.24) is 9.97 Å². The Morgan fingerprint density at radius 1 is 1.24 bits per heavy atom. The third-order valence-corrected chi connectivity index (χ3v) is 2.55. The molecule has 0 spiro atoms. The van der Waals surface area contributed by atoms with Crippen molar-refractivity contribution in [3.63, 3.8) is 0 Å². The maximum absolute atomic E-state index is 5.75. The Kier molecular flexibility index (Phi) is 3.23. The Labute approximate surface area is 101 Å². The van der Waals surface area contributed by atoms with Gasteiger partial charge < -0.3 is 10.6 Å². The molecule has 4 heteroatoms. The molecule has 0 aliphatic rings. The van der Waals surface area contributed by atoms with Crippen molar-refractivity contribution in [2.75, 3.05) is 17.7 Å². The number of anilines is 2. The van der Waals surface area contributed by atoms with E-state index in [2.05, 4.69) is 20.9 Å². The molecule has 0 saturated carbocycles. The Balaban J connectivity index is 2.14. The van der Waals surface area contributed by atoms with Gasteiger partial charge in [-0.15, -0.1) is 0 Å². The Morgan fingerprint density at radius 3 is 2.76 bits per heavy atom. The van der Waals surface area contributed by atoms with E-state index in [0.29, 0.717) is 0 Å². The summed E-state index contributed by atoms with van der Waals surface area (Å²) in [4.78, 5) is 10.4. The van der Waals surface area contributed by atoms with E-state index in [1.165, 1.54) is 5.56 Å². The molecule has 1 heterocycles. The minimum Gasteiger partial charge on any atom is -0.399 e. The van der Waals surface area contributed by atoms with Crippen LogP contribution in [-0.2, 0) is 6.54 Å². The molecule has 0 atom stereocenters. The number of hydrogen-bond donors (Lipinski definition) is 1. The molecule has 0 amide bonds. The first-order valence-electron chi connectivity index (χ1n) is 5.49. The lowest BCUT2D eigenvalue weighted by Crippen LogP contribution is -2.18. The van der Waals surface area contributed by atoms with E-state index in [1.807, 2.05) is 38.2 Å². The van der Waals surface area contributed by atoms with Gasteiger partial charge in [0.2, 0.25) is 0 Å². The molecule has 0 aliphatic heterocycles. The van der Waals surface area contributed by atoms with Crippen LogP contribution in [-0.4, -0.2) is 17.0 Å². The second kappa shape index (κ2) is 4.82. The molecule has 1 aromatic heterocycles. The number of nitrogens with two attached hydrogens (primary N) is 1. The van der Waals surface area contributed by atoms with Gasteiger partial charge in [-0.25, -0.2) is 9.97 Å². The summed E-state index contributed by atoms with van der Waals surface area (Å²) in [6.45, 7) is 2.74. The van der Waals surface area contributed by atoms with E-state index in [-0.39, 0.29) is 0 Å². The van der Waals surface area contributed by atoms with Gasteiger partial charge in [0.1, 0.15) is 12.1 Å². The summed E-state index contributed by atoms with van der Waals surface area (Å²) in [7, 11) is 2.00. The monoisotopic (exact) mass is 228 g/mol. The van der Waals surface area contributed by atoms with Gasteiger partial charge in [-0.3, -0.25) is 0 Å². The zero-order chi connectivity index (χ0) is 12.3. The van der Waals surface area contributed by atoms with Crippen LogP contribution in [0.2, 0.25) is 0 Å². The van der Waals surface area contributed by atoms with E-state index in [0.717, 1.165) is 23.7 Å². The lowest BCUT2D eigenvalue weighted by molar-refractivity contribution is 0.886. The highest BCUT2D eigenvalue weighted by atomic mass is 15.2. The summed E-state index contributed by atoms with van der Waals surface area (Å²) >= 11 is 0. The summed E-state index contributed by atoms with van der Waals surface area (Å²) in [5.41, 5.74) is 8.68. The molecule has 0 fully saturated rings. The van der Waals surface area contributed by atoms with Crippen LogP contribution in [0, 0.1) is 6.92 Å². The van der Waals surface area contributed by atoms with Crippen LogP contribution >= 0.6 is 0 Å². The minimum absolute atomic E-state index is 0.779. The van der Waals surface area contributed by atoms with E-state index < -0.39 is 0 Å². The van der Waals surface area contributed by atoms with Crippen LogP contribution in [0.3, 0.4) is 0 Å². The third kappa shape index (κ3) is 2.93. The SMILES string of the molecule is Cc1cc(N(C)Cc2cccc(N)c2)ncn1. The van der Waals surface area contributed by atoms with Gasteiger partial charge in [0.25, 0.3) is 0 Å². The largest absolute Gasteiger partial charge is 0.399 e. The van der Waals surface area contributed by atoms with E-state index in [9.17, 15) is 0 Å². The van der Waals surface area contributed by atoms with Crippen molar-refractivity contribution in [3.8, 4) is 0 Å². The van der Waals surface area contributed by atoms with Gasteiger partial charge in [-0.05, 0) is 24.6 Å². The highest BCUT2D eigenvalue weighted by Crippen LogP contribution is 2.14. The molecule has 0 unspecified atom stereocenters. The van der Waals surface area contributed by atoms with Crippen molar-refractivity contribution < 1.29 is 0 Å². The van der Waals surface area contributed by atoms with E-state index in [4.69, 9.17) is 5.73 Å². The van der Waals surface area contributed by atoms with Crippen molar-refractivity contribution in [2.45, 2.75) is 13.5 Å². The Morgan fingerprint density at radius 2 is 2.06 bits per heavy atom. The summed E-state index contributed by atoms with van der Waals surface area (Å²) in [5.74, 6) is 0.917. The first kappa shape index (κ1) is 11.4. The molecule has 2 N–H and O–H groups in total. The van der Waals surface area contributed by atoms with Crippen molar-refractivity contribution in [1.29, 1.82) is 0 Å².